The standard InChI is InChI=1S/C14H15BrN4O4S2/c1-3-11(8(2)20)24-13-10(15)7-17-14(19-13)18-9-4-5-12(16-6-9)25(21,22)23/h4-7,11H,3H2,1-2H3,(H,17,18,19)(H,21,22,23). The molecule has 0 saturated carbocycles. The molecule has 2 aromatic rings. The monoisotopic (exact) mass is 446 g/mol. The molecule has 2 N–H and O–H groups in total. The van der Waals surface area contributed by atoms with Crippen LogP contribution in [0.5, 0.6) is 0 Å². The Morgan fingerprint density at radius 1 is 1.36 bits per heavy atom. The highest BCUT2D eigenvalue weighted by atomic mass is 79.9. The summed E-state index contributed by atoms with van der Waals surface area (Å²) >= 11 is 4.70. The summed E-state index contributed by atoms with van der Waals surface area (Å²) in [6, 6.07) is 2.59. The van der Waals surface area contributed by atoms with E-state index in [2.05, 4.69) is 36.2 Å². The van der Waals surface area contributed by atoms with Crippen LogP contribution in [0.4, 0.5) is 11.6 Å². The number of hydrogen-bond donors (Lipinski definition) is 2. The van der Waals surface area contributed by atoms with Crippen molar-refractivity contribution in [1.29, 1.82) is 0 Å². The number of Topliss-reactive ketones (excluding diaryl/α,β-unsaturated/α-hetero) is 1. The maximum atomic E-state index is 11.6. The van der Waals surface area contributed by atoms with Gasteiger partial charge in [0, 0.05) is 6.20 Å². The Kier molecular flexibility index (Phi) is 6.49. The van der Waals surface area contributed by atoms with Crippen LogP contribution in [0.15, 0.2) is 39.1 Å². The Bertz CT molecular complexity index is 875. The largest absolute Gasteiger partial charge is 0.323 e. The molecule has 0 aliphatic rings. The normalized spacial score (nSPS) is 12.6. The summed E-state index contributed by atoms with van der Waals surface area (Å²) in [5.74, 6) is 0.336. The first-order valence-corrected chi connectivity index (χ1v) is 10.2. The van der Waals surface area contributed by atoms with Crippen LogP contribution in [0.25, 0.3) is 0 Å². The number of anilines is 2. The van der Waals surface area contributed by atoms with E-state index < -0.39 is 15.1 Å². The average molecular weight is 447 g/mol. The zero-order valence-electron chi connectivity index (χ0n) is 13.3. The molecule has 0 saturated heterocycles. The van der Waals surface area contributed by atoms with Crippen molar-refractivity contribution in [2.75, 3.05) is 5.32 Å². The fraction of sp³-hybridized carbons (Fsp3) is 0.286. The van der Waals surface area contributed by atoms with Gasteiger partial charge in [0.2, 0.25) is 5.95 Å². The summed E-state index contributed by atoms with van der Waals surface area (Å²) in [7, 11) is -4.34. The van der Waals surface area contributed by atoms with Crippen LogP contribution in [-0.4, -0.2) is 39.0 Å². The Balaban J connectivity index is 2.20. The molecule has 0 amide bonds. The second-order valence-corrected chi connectivity index (χ2v) is 8.37. The van der Waals surface area contributed by atoms with Gasteiger partial charge in [-0.1, -0.05) is 18.7 Å². The third kappa shape index (κ3) is 5.46. The first kappa shape index (κ1) is 19.8. The van der Waals surface area contributed by atoms with E-state index in [-0.39, 0.29) is 17.0 Å². The number of carbonyl (C=O) groups is 1. The maximum Gasteiger partial charge on any atom is 0.312 e. The smallest absolute Gasteiger partial charge is 0.312 e. The summed E-state index contributed by atoms with van der Waals surface area (Å²) in [5.41, 5.74) is 0.448. The highest BCUT2D eigenvalue weighted by Crippen LogP contribution is 2.31. The van der Waals surface area contributed by atoms with Crippen molar-refractivity contribution in [2.45, 2.75) is 35.6 Å². The zero-order chi connectivity index (χ0) is 18.6. The molecule has 11 heteroatoms. The molecule has 134 valence electrons. The van der Waals surface area contributed by atoms with Crippen molar-refractivity contribution < 1.29 is 17.8 Å². The van der Waals surface area contributed by atoms with Gasteiger partial charge in [0.25, 0.3) is 0 Å². The Morgan fingerprint density at radius 3 is 2.60 bits per heavy atom. The number of carbonyl (C=O) groups excluding carboxylic acids is 1. The molecule has 0 spiro atoms. The van der Waals surface area contributed by atoms with E-state index in [1.165, 1.54) is 30.9 Å². The fourth-order valence-corrected chi connectivity index (χ4v) is 3.62. The Hall–Kier alpha value is -1.56. The van der Waals surface area contributed by atoms with Gasteiger partial charge in [-0.2, -0.15) is 8.42 Å². The minimum Gasteiger partial charge on any atom is -0.323 e. The molecule has 0 aromatic carbocycles. The van der Waals surface area contributed by atoms with Crippen LogP contribution in [-0.2, 0) is 14.9 Å². The maximum absolute atomic E-state index is 11.6. The van der Waals surface area contributed by atoms with Crippen LogP contribution < -0.4 is 5.32 Å². The van der Waals surface area contributed by atoms with Crippen LogP contribution >= 0.6 is 27.7 Å². The summed E-state index contributed by atoms with van der Waals surface area (Å²) in [6.07, 6.45) is 3.48. The minimum absolute atomic E-state index is 0.0672. The van der Waals surface area contributed by atoms with Gasteiger partial charge < -0.3 is 5.32 Å². The molecule has 0 aliphatic carbocycles. The number of rotatable bonds is 7. The fourth-order valence-electron chi connectivity index (χ4n) is 1.82. The molecule has 2 rings (SSSR count). The lowest BCUT2D eigenvalue weighted by Gasteiger charge is -2.12. The second-order valence-electron chi connectivity index (χ2n) is 4.96. The first-order valence-electron chi connectivity index (χ1n) is 7.11. The minimum atomic E-state index is -4.34. The molecular weight excluding hydrogens is 432 g/mol. The summed E-state index contributed by atoms with van der Waals surface area (Å²) < 4.78 is 31.6. The molecule has 1 unspecified atom stereocenters. The van der Waals surface area contributed by atoms with Crippen LogP contribution in [0.2, 0.25) is 0 Å². The Morgan fingerprint density at radius 2 is 2.08 bits per heavy atom. The van der Waals surface area contributed by atoms with E-state index in [4.69, 9.17) is 4.55 Å². The first-order chi connectivity index (χ1) is 11.7. The summed E-state index contributed by atoms with van der Waals surface area (Å²) in [6.45, 7) is 3.47. The van der Waals surface area contributed by atoms with Gasteiger partial charge in [-0.25, -0.2) is 15.0 Å². The lowest BCUT2D eigenvalue weighted by Crippen LogP contribution is -2.12. The van der Waals surface area contributed by atoms with Gasteiger partial charge in [-0.05, 0) is 41.4 Å². The molecule has 0 fully saturated rings. The predicted molar refractivity (Wildman–Crippen MR) is 97.7 cm³/mol. The van der Waals surface area contributed by atoms with E-state index >= 15 is 0 Å². The molecular formula is C14H15BrN4O4S2. The summed E-state index contributed by atoms with van der Waals surface area (Å²) in [4.78, 5) is 23.7. The van der Waals surface area contributed by atoms with Crippen molar-refractivity contribution in [2.24, 2.45) is 0 Å². The molecule has 2 aromatic heterocycles. The van der Waals surface area contributed by atoms with Gasteiger partial charge in [0.05, 0.1) is 21.6 Å². The number of halogens is 1. The number of thioether (sulfide) groups is 1. The number of pyridine rings is 1. The van der Waals surface area contributed by atoms with Crippen LogP contribution in [0, 0.1) is 0 Å². The Labute approximate surface area is 157 Å². The van der Waals surface area contributed by atoms with Crippen LogP contribution in [0.3, 0.4) is 0 Å². The molecule has 2 heterocycles. The third-order valence-corrected chi connectivity index (χ3v) is 6.14. The topological polar surface area (TPSA) is 122 Å². The quantitative estimate of drug-likeness (QED) is 0.375. The van der Waals surface area contributed by atoms with Gasteiger partial charge in [-0.3, -0.25) is 9.35 Å². The lowest BCUT2D eigenvalue weighted by molar-refractivity contribution is -0.116. The molecule has 1 atom stereocenters. The van der Waals surface area contributed by atoms with Crippen LogP contribution in [0.1, 0.15) is 20.3 Å². The van der Waals surface area contributed by atoms with Gasteiger partial charge >= 0.3 is 10.1 Å². The van der Waals surface area contributed by atoms with Crippen molar-refractivity contribution in [3.05, 3.63) is 29.0 Å². The molecule has 25 heavy (non-hydrogen) atoms. The second kappa shape index (κ2) is 8.21. The van der Waals surface area contributed by atoms with Crippen molar-refractivity contribution in [1.82, 2.24) is 15.0 Å². The van der Waals surface area contributed by atoms with E-state index in [9.17, 15) is 13.2 Å². The SMILES string of the molecule is CCC(Sc1nc(Nc2ccc(S(=O)(=O)O)nc2)ncc1Br)C(C)=O. The molecule has 0 aliphatic heterocycles. The highest BCUT2D eigenvalue weighted by molar-refractivity contribution is 9.10. The van der Waals surface area contributed by atoms with E-state index in [0.717, 1.165) is 6.07 Å². The summed E-state index contributed by atoms with van der Waals surface area (Å²) in [5, 5.41) is 2.86. The number of aromatic nitrogens is 3. The lowest BCUT2D eigenvalue weighted by atomic mass is 10.2. The van der Waals surface area contributed by atoms with Gasteiger partial charge in [0.1, 0.15) is 10.8 Å². The zero-order valence-corrected chi connectivity index (χ0v) is 16.5. The van der Waals surface area contributed by atoms with E-state index in [0.29, 0.717) is 21.6 Å². The van der Waals surface area contributed by atoms with Gasteiger partial charge in [-0.15, -0.1) is 0 Å². The number of nitrogens with zero attached hydrogens (tertiary/aromatic N) is 3. The number of nitrogens with one attached hydrogen (secondary N) is 1. The molecule has 0 radical (unpaired) electrons. The molecule has 8 nitrogen and oxygen atoms in total. The number of ketones is 1. The third-order valence-electron chi connectivity index (χ3n) is 3.05. The predicted octanol–water partition coefficient (Wildman–Crippen LogP) is 3.08. The van der Waals surface area contributed by atoms with Crippen molar-refractivity contribution >= 4 is 55.2 Å². The van der Waals surface area contributed by atoms with E-state index in [1.807, 2.05) is 6.92 Å². The van der Waals surface area contributed by atoms with Gasteiger partial charge in [0.15, 0.2) is 5.03 Å². The van der Waals surface area contributed by atoms with Crippen molar-refractivity contribution in [3.8, 4) is 0 Å². The molecule has 0 bridgehead atoms. The van der Waals surface area contributed by atoms with Crippen molar-refractivity contribution in [3.63, 3.8) is 0 Å². The average Bonchev–Trinajstić information content (AvgIpc) is 2.54. The highest BCUT2D eigenvalue weighted by Gasteiger charge is 2.17. The number of hydrogen-bond acceptors (Lipinski definition) is 8. The van der Waals surface area contributed by atoms with E-state index in [1.54, 1.807) is 6.20 Å².